The molecule has 26 heavy (non-hydrogen) atoms. The highest BCUT2D eigenvalue weighted by Gasteiger charge is 2.37. The molecule has 1 aliphatic carbocycles. The molecule has 5 nitrogen and oxygen atoms in total. The van der Waals surface area contributed by atoms with Crippen molar-refractivity contribution < 1.29 is 9.53 Å². The van der Waals surface area contributed by atoms with Crippen LogP contribution in [0, 0.1) is 5.41 Å². The molecule has 1 N–H and O–H groups in total. The molecule has 0 spiro atoms. The minimum Gasteiger partial charge on any atom is -0.368 e. The molecule has 1 fully saturated rings. The first-order chi connectivity index (χ1) is 12.5. The Hall–Kier alpha value is -2.14. The number of fused-ring (bicyclic) bond motifs is 1. The summed E-state index contributed by atoms with van der Waals surface area (Å²) in [5.41, 5.74) is 3.76. The van der Waals surface area contributed by atoms with Gasteiger partial charge >= 0.3 is 0 Å². The first-order valence-electron chi connectivity index (χ1n) is 9.52. The van der Waals surface area contributed by atoms with Crippen molar-refractivity contribution in [3.05, 3.63) is 53.3 Å². The summed E-state index contributed by atoms with van der Waals surface area (Å²) in [6.45, 7) is 5.98. The van der Waals surface area contributed by atoms with Gasteiger partial charge in [0.15, 0.2) is 0 Å². The van der Waals surface area contributed by atoms with Gasteiger partial charge in [-0.2, -0.15) is 5.10 Å². The predicted molar refractivity (Wildman–Crippen MR) is 99.7 cm³/mol. The standard InChI is InChI=1S/C21H27N3O2/c1-21(2)11-17(23-20(25)19-9-6-10-26-19)16-13-22-24(18(16)12-21)14-15-7-4-3-5-8-15/h3-5,7-8,13,17,19H,6,9-12,14H2,1-2H3,(H,23,25). The van der Waals surface area contributed by atoms with E-state index in [9.17, 15) is 4.79 Å². The molecule has 5 heteroatoms. The van der Waals surface area contributed by atoms with Crippen LogP contribution in [0.15, 0.2) is 36.5 Å². The molecule has 1 saturated heterocycles. The molecule has 1 aromatic carbocycles. The Balaban J connectivity index is 1.58. The second-order valence-electron chi connectivity index (χ2n) is 8.30. The third-order valence-corrected chi connectivity index (χ3v) is 5.47. The van der Waals surface area contributed by atoms with Crippen molar-refractivity contribution in [3.8, 4) is 0 Å². The van der Waals surface area contributed by atoms with E-state index in [4.69, 9.17) is 4.74 Å². The summed E-state index contributed by atoms with van der Waals surface area (Å²) in [6.07, 6.45) is 5.34. The Morgan fingerprint density at radius 2 is 2.15 bits per heavy atom. The minimum absolute atomic E-state index is 0.00923. The molecule has 0 saturated carbocycles. The highest BCUT2D eigenvalue weighted by Crippen LogP contribution is 2.41. The molecule has 2 atom stereocenters. The van der Waals surface area contributed by atoms with Crippen LogP contribution in [-0.2, 0) is 22.5 Å². The molecule has 0 bridgehead atoms. The first-order valence-corrected chi connectivity index (χ1v) is 9.52. The van der Waals surface area contributed by atoms with E-state index in [-0.39, 0.29) is 23.5 Å². The molecule has 1 aliphatic heterocycles. The molecular weight excluding hydrogens is 326 g/mol. The van der Waals surface area contributed by atoms with Crippen molar-refractivity contribution in [3.63, 3.8) is 0 Å². The van der Waals surface area contributed by atoms with E-state index in [1.54, 1.807) is 0 Å². The zero-order valence-electron chi connectivity index (χ0n) is 15.6. The van der Waals surface area contributed by atoms with Gasteiger partial charge in [0, 0.05) is 17.9 Å². The van der Waals surface area contributed by atoms with Gasteiger partial charge in [0.05, 0.1) is 18.8 Å². The molecule has 2 heterocycles. The third kappa shape index (κ3) is 3.54. The molecule has 2 unspecified atom stereocenters. The molecule has 4 rings (SSSR count). The zero-order chi connectivity index (χ0) is 18.1. The fraction of sp³-hybridized carbons (Fsp3) is 0.524. The van der Waals surface area contributed by atoms with Gasteiger partial charge in [-0.05, 0) is 36.7 Å². The second kappa shape index (κ2) is 6.88. The Morgan fingerprint density at radius 1 is 1.35 bits per heavy atom. The summed E-state index contributed by atoms with van der Waals surface area (Å²) in [5.74, 6) is 0.0203. The van der Waals surface area contributed by atoms with Gasteiger partial charge in [-0.15, -0.1) is 0 Å². The average molecular weight is 353 g/mol. The summed E-state index contributed by atoms with van der Waals surface area (Å²) in [4.78, 5) is 12.6. The van der Waals surface area contributed by atoms with Crippen LogP contribution in [0.1, 0.15) is 56.0 Å². The topological polar surface area (TPSA) is 56.2 Å². The highest BCUT2D eigenvalue weighted by atomic mass is 16.5. The third-order valence-electron chi connectivity index (χ3n) is 5.47. The van der Waals surface area contributed by atoms with E-state index in [1.807, 2.05) is 12.3 Å². The van der Waals surface area contributed by atoms with E-state index in [1.165, 1.54) is 11.3 Å². The number of amides is 1. The lowest BCUT2D eigenvalue weighted by Gasteiger charge is -2.36. The van der Waals surface area contributed by atoms with Crippen LogP contribution >= 0.6 is 0 Å². The van der Waals surface area contributed by atoms with Gasteiger partial charge in [-0.3, -0.25) is 9.48 Å². The Labute approximate surface area is 154 Å². The number of hydrogen-bond acceptors (Lipinski definition) is 3. The Bertz CT molecular complexity index is 776. The molecular formula is C21H27N3O2. The van der Waals surface area contributed by atoms with Gasteiger partial charge in [0.25, 0.3) is 0 Å². The number of rotatable bonds is 4. The van der Waals surface area contributed by atoms with Gasteiger partial charge < -0.3 is 10.1 Å². The van der Waals surface area contributed by atoms with Crippen LogP contribution in [-0.4, -0.2) is 28.4 Å². The maximum Gasteiger partial charge on any atom is 0.249 e. The second-order valence-corrected chi connectivity index (χ2v) is 8.30. The average Bonchev–Trinajstić information content (AvgIpc) is 3.26. The lowest BCUT2D eigenvalue weighted by atomic mass is 9.74. The van der Waals surface area contributed by atoms with E-state index in [0.29, 0.717) is 6.61 Å². The van der Waals surface area contributed by atoms with Crippen LogP contribution in [0.2, 0.25) is 0 Å². The summed E-state index contributed by atoms with van der Waals surface area (Å²) >= 11 is 0. The van der Waals surface area contributed by atoms with Crippen LogP contribution in [0.3, 0.4) is 0 Å². The molecule has 1 amide bonds. The number of aromatic nitrogens is 2. The summed E-state index contributed by atoms with van der Waals surface area (Å²) < 4.78 is 7.64. The minimum atomic E-state index is -0.289. The van der Waals surface area contributed by atoms with E-state index in [0.717, 1.165) is 37.8 Å². The number of carbonyl (C=O) groups is 1. The van der Waals surface area contributed by atoms with Crippen molar-refractivity contribution in [2.24, 2.45) is 5.41 Å². The molecule has 2 aromatic rings. The fourth-order valence-corrected chi connectivity index (χ4v) is 4.17. The predicted octanol–water partition coefficient (Wildman–Crippen LogP) is 3.24. The van der Waals surface area contributed by atoms with Crippen molar-refractivity contribution in [1.29, 1.82) is 0 Å². The van der Waals surface area contributed by atoms with Crippen LogP contribution in [0.4, 0.5) is 0 Å². The highest BCUT2D eigenvalue weighted by molar-refractivity contribution is 5.81. The van der Waals surface area contributed by atoms with Gasteiger partial charge in [-0.25, -0.2) is 0 Å². The Morgan fingerprint density at radius 3 is 2.88 bits per heavy atom. The Kier molecular flexibility index (Phi) is 4.57. The number of nitrogens with zero attached hydrogens (tertiary/aromatic N) is 2. The van der Waals surface area contributed by atoms with Crippen molar-refractivity contribution in [2.45, 2.75) is 58.2 Å². The first kappa shape index (κ1) is 17.3. The lowest BCUT2D eigenvalue weighted by molar-refractivity contribution is -0.131. The monoisotopic (exact) mass is 353 g/mol. The van der Waals surface area contributed by atoms with Crippen molar-refractivity contribution in [1.82, 2.24) is 15.1 Å². The van der Waals surface area contributed by atoms with Gasteiger partial charge in [0.2, 0.25) is 5.91 Å². The quantitative estimate of drug-likeness (QED) is 0.918. The number of carbonyl (C=O) groups excluding carboxylic acids is 1. The van der Waals surface area contributed by atoms with Crippen molar-refractivity contribution >= 4 is 5.91 Å². The number of hydrogen-bond donors (Lipinski definition) is 1. The molecule has 1 aromatic heterocycles. The smallest absolute Gasteiger partial charge is 0.249 e. The van der Waals surface area contributed by atoms with Gasteiger partial charge in [-0.1, -0.05) is 44.2 Å². The van der Waals surface area contributed by atoms with E-state index < -0.39 is 0 Å². The number of benzene rings is 1. The maximum atomic E-state index is 12.6. The zero-order valence-corrected chi connectivity index (χ0v) is 15.6. The van der Waals surface area contributed by atoms with E-state index in [2.05, 4.69) is 53.2 Å². The van der Waals surface area contributed by atoms with Gasteiger partial charge in [0.1, 0.15) is 6.10 Å². The van der Waals surface area contributed by atoms with E-state index >= 15 is 0 Å². The molecule has 138 valence electrons. The summed E-state index contributed by atoms with van der Waals surface area (Å²) in [7, 11) is 0. The summed E-state index contributed by atoms with van der Waals surface area (Å²) in [6, 6.07) is 10.4. The maximum absolute atomic E-state index is 12.6. The number of nitrogens with one attached hydrogen (secondary N) is 1. The normalized spacial score (nSPS) is 24.2. The van der Waals surface area contributed by atoms with Crippen molar-refractivity contribution in [2.75, 3.05) is 6.61 Å². The van der Waals surface area contributed by atoms with Crippen LogP contribution in [0.5, 0.6) is 0 Å². The summed E-state index contributed by atoms with van der Waals surface area (Å²) in [5, 5.41) is 7.88. The molecule has 2 aliphatic rings. The number of ether oxygens (including phenoxy) is 1. The van der Waals surface area contributed by atoms with Crippen LogP contribution < -0.4 is 5.32 Å². The molecule has 0 radical (unpaired) electrons. The fourth-order valence-electron chi connectivity index (χ4n) is 4.17. The lowest BCUT2D eigenvalue weighted by Crippen LogP contribution is -2.41. The largest absolute Gasteiger partial charge is 0.368 e. The SMILES string of the molecule is CC1(C)Cc2c(cnn2Cc2ccccc2)C(NC(=O)C2CCCO2)C1. The van der Waals surface area contributed by atoms with Crippen LogP contribution in [0.25, 0.3) is 0 Å².